The molecule has 0 atom stereocenters. The Morgan fingerprint density at radius 1 is 1.07 bits per heavy atom. The largest absolute Gasteiger partial charge is 0.454 e. The van der Waals surface area contributed by atoms with Gasteiger partial charge in [-0.15, -0.1) is 0 Å². The van der Waals surface area contributed by atoms with Crippen molar-refractivity contribution in [3.63, 3.8) is 0 Å². The highest BCUT2D eigenvalue weighted by atomic mass is 16.7. The maximum absolute atomic E-state index is 12.2. The summed E-state index contributed by atoms with van der Waals surface area (Å²) in [7, 11) is 0. The first-order valence-electron chi connectivity index (χ1n) is 8.05. The van der Waals surface area contributed by atoms with E-state index in [1.807, 2.05) is 0 Å². The second-order valence-electron chi connectivity index (χ2n) is 5.75. The minimum Gasteiger partial charge on any atom is -0.454 e. The van der Waals surface area contributed by atoms with Gasteiger partial charge in [0.2, 0.25) is 12.2 Å². The molecular weight excluding hydrogens is 352 g/mol. The molecule has 136 valence electrons. The summed E-state index contributed by atoms with van der Waals surface area (Å²) >= 11 is 0. The Kier molecular flexibility index (Phi) is 4.17. The third kappa shape index (κ3) is 3.30. The van der Waals surface area contributed by atoms with E-state index in [1.54, 1.807) is 36.4 Å². The lowest BCUT2D eigenvalue weighted by molar-refractivity contribution is -0.122. The predicted octanol–water partition coefficient (Wildman–Crippen LogP) is 0.586. The van der Waals surface area contributed by atoms with Crippen molar-refractivity contribution in [1.29, 1.82) is 0 Å². The molecule has 0 bridgehead atoms. The fourth-order valence-corrected chi connectivity index (χ4v) is 2.70. The van der Waals surface area contributed by atoms with Crippen molar-refractivity contribution in [1.82, 2.24) is 20.6 Å². The summed E-state index contributed by atoms with van der Waals surface area (Å²) in [4.78, 5) is 36.1. The number of fused-ring (bicyclic) bond motifs is 2. The zero-order valence-corrected chi connectivity index (χ0v) is 14.0. The van der Waals surface area contributed by atoms with E-state index in [9.17, 15) is 14.4 Å². The van der Waals surface area contributed by atoms with Gasteiger partial charge in [0.1, 0.15) is 6.54 Å². The maximum Gasteiger partial charge on any atom is 0.269 e. The second kappa shape index (κ2) is 6.79. The third-order valence-corrected chi connectivity index (χ3v) is 4.01. The molecule has 1 aromatic heterocycles. The monoisotopic (exact) mass is 366 g/mol. The summed E-state index contributed by atoms with van der Waals surface area (Å²) < 4.78 is 11.8. The van der Waals surface area contributed by atoms with E-state index in [-0.39, 0.29) is 18.8 Å². The van der Waals surface area contributed by atoms with E-state index >= 15 is 0 Å². The van der Waals surface area contributed by atoms with Gasteiger partial charge in [-0.25, -0.2) is 0 Å². The van der Waals surface area contributed by atoms with Gasteiger partial charge < -0.3 is 9.47 Å². The first kappa shape index (κ1) is 16.6. The zero-order chi connectivity index (χ0) is 18.8. The predicted molar refractivity (Wildman–Crippen MR) is 94.2 cm³/mol. The van der Waals surface area contributed by atoms with E-state index in [0.29, 0.717) is 28.0 Å². The van der Waals surface area contributed by atoms with Crippen LogP contribution in [0.15, 0.2) is 53.5 Å². The van der Waals surface area contributed by atoms with Crippen molar-refractivity contribution in [2.75, 3.05) is 6.79 Å². The minimum atomic E-state index is -0.501. The lowest BCUT2D eigenvalue weighted by Gasteiger charge is -2.10. The Bertz CT molecular complexity index is 1110. The molecule has 0 fully saturated rings. The number of ether oxygens (including phenoxy) is 2. The standard InChI is InChI=1S/C18H14N4O5/c23-14-8-19-22(13-4-2-1-3-12(13)14)9-17(24)20-21-18(25)11-5-6-15-16(7-11)27-10-26-15/h1-8H,9-10H2,(H,20,24)(H,21,25). The van der Waals surface area contributed by atoms with Crippen LogP contribution in [-0.4, -0.2) is 28.4 Å². The van der Waals surface area contributed by atoms with E-state index in [2.05, 4.69) is 16.0 Å². The summed E-state index contributed by atoms with van der Waals surface area (Å²) in [5, 5.41) is 4.43. The molecule has 2 aromatic carbocycles. The smallest absolute Gasteiger partial charge is 0.269 e. The van der Waals surface area contributed by atoms with E-state index in [4.69, 9.17) is 9.47 Å². The summed E-state index contributed by atoms with van der Waals surface area (Å²) in [6.07, 6.45) is 1.15. The van der Waals surface area contributed by atoms with Gasteiger partial charge >= 0.3 is 0 Å². The van der Waals surface area contributed by atoms with E-state index in [1.165, 1.54) is 10.7 Å². The van der Waals surface area contributed by atoms with Crippen LogP contribution in [-0.2, 0) is 11.3 Å². The van der Waals surface area contributed by atoms with Crippen LogP contribution in [0.25, 0.3) is 10.9 Å². The molecule has 9 heteroatoms. The highest BCUT2D eigenvalue weighted by molar-refractivity contribution is 5.96. The average Bonchev–Trinajstić information content (AvgIpc) is 3.16. The molecule has 0 saturated heterocycles. The molecular formula is C18H14N4O5. The first-order chi connectivity index (χ1) is 13.1. The lowest BCUT2D eigenvalue weighted by Crippen LogP contribution is -2.43. The highest BCUT2D eigenvalue weighted by Gasteiger charge is 2.16. The summed E-state index contributed by atoms with van der Waals surface area (Å²) in [6.45, 7) is -0.0559. The van der Waals surface area contributed by atoms with Gasteiger partial charge in [0.25, 0.3) is 11.8 Å². The molecule has 0 spiro atoms. The Labute approximate surface area is 152 Å². The molecule has 1 aliphatic rings. The first-order valence-corrected chi connectivity index (χ1v) is 8.05. The van der Waals surface area contributed by atoms with E-state index in [0.717, 1.165) is 6.20 Å². The van der Waals surface area contributed by atoms with Crippen LogP contribution < -0.4 is 25.8 Å². The van der Waals surface area contributed by atoms with Gasteiger partial charge in [-0.2, -0.15) is 5.10 Å². The van der Waals surface area contributed by atoms with Gasteiger partial charge in [-0.3, -0.25) is 29.9 Å². The Hall–Kier alpha value is -3.88. The topological polar surface area (TPSA) is 112 Å². The van der Waals surface area contributed by atoms with Gasteiger partial charge in [0.05, 0.1) is 11.7 Å². The molecule has 4 rings (SSSR count). The van der Waals surface area contributed by atoms with Crippen molar-refractivity contribution < 1.29 is 19.1 Å². The summed E-state index contributed by atoms with van der Waals surface area (Å²) in [5.41, 5.74) is 5.28. The fourth-order valence-electron chi connectivity index (χ4n) is 2.70. The number of amides is 2. The summed E-state index contributed by atoms with van der Waals surface area (Å²) in [5.74, 6) is 0.0365. The van der Waals surface area contributed by atoms with Crippen LogP contribution in [0.1, 0.15) is 10.4 Å². The number of benzene rings is 2. The molecule has 2 N–H and O–H groups in total. The van der Waals surface area contributed by atoms with Crippen LogP contribution in [0.4, 0.5) is 0 Å². The molecule has 2 heterocycles. The number of hydrogen-bond donors (Lipinski definition) is 2. The van der Waals surface area contributed by atoms with Crippen molar-refractivity contribution in [2.45, 2.75) is 6.54 Å². The van der Waals surface area contributed by atoms with Crippen LogP contribution in [0, 0.1) is 0 Å². The highest BCUT2D eigenvalue weighted by Crippen LogP contribution is 2.32. The maximum atomic E-state index is 12.2. The second-order valence-corrected chi connectivity index (χ2v) is 5.75. The van der Waals surface area contributed by atoms with E-state index < -0.39 is 11.8 Å². The normalized spacial score (nSPS) is 12.0. The minimum absolute atomic E-state index is 0.109. The number of para-hydroxylation sites is 1. The quantitative estimate of drug-likeness (QED) is 0.656. The van der Waals surface area contributed by atoms with Gasteiger partial charge in [-0.05, 0) is 30.3 Å². The lowest BCUT2D eigenvalue weighted by atomic mass is 10.2. The molecule has 0 saturated carbocycles. The van der Waals surface area contributed by atoms with Crippen molar-refractivity contribution in [2.24, 2.45) is 0 Å². The molecule has 1 aliphatic heterocycles. The number of rotatable bonds is 3. The molecule has 0 radical (unpaired) electrons. The summed E-state index contributed by atoms with van der Waals surface area (Å²) in [6, 6.07) is 11.6. The molecule has 27 heavy (non-hydrogen) atoms. The molecule has 9 nitrogen and oxygen atoms in total. The van der Waals surface area contributed by atoms with Gasteiger partial charge in [0.15, 0.2) is 11.5 Å². The number of nitrogens with zero attached hydrogens (tertiary/aromatic N) is 2. The Balaban J connectivity index is 1.42. The number of hydrazine groups is 1. The molecule has 0 unspecified atom stereocenters. The van der Waals surface area contributed by atoms with Crippen LogP contribution >= 0.6 is 0 Å². The van der Waals surface area contributed by atoms with Crippen LogP contribution in [0.5, 0.6) is 11.5 Å². The Morgan fingerprint density at radius 2 is 1.89 bits per heavy atom. The molecule has 2 amide bonds. The SMILES string of the molecule is O=C(Cn1ncc(=O)c2ccccc21)NNC(=O)c1ccc2c(c1)OCO2. The van der Waals surface area contributed by atoms with Gasteiger partial charge in [0, 0.05) is 10.9 Å². The van der Waals surface area contributed by atoms with Crippen molar-refractivity contribution >= 4 is 22.7 Å². The van der Waals surface area contributed by atoms with Crippen molar-refractivity contribution in [3.8, 4) is 11.5 Å². The van der Waals surface area contributed by atoms with Gasteiger partial charge in [-0.1, -0.05) is 12.1 Å². The van der Waals surface area contributed by atoms with Crippen molar-refractivity contribution in [3.05, 3.63) is 64.4 Å². The fraction of sp³-hybridized carbons (Fsp3) is 0.111. The molecule has 0 aliphatic carbocycles. The zero-order valence-electron chi connectivity index (χ0n) is 14.0. The number of hydrogen-bond acceptors (Lipinski definition) is 6. The average molecular weight is 366 g/mol. The number of aromatic nitrogens is 2. The Morgan fingerprint density at radius 3 is 2.78 bits per heavy atom. The number of carbonyl (C=O) groups excluding carboxylic acids is 2. The van der Waals surface area contributed by atoms with Crippen LogP contribution in [0.2, 0.25) is 0 Å². The number of carbonyl (C=O) groups is 2. The van der Waals surface area contributed by atoms with Crippen LogP contribution in [0.3, 0.4) is 0 Å². The molecule has 3 aromatic rings. The number of nitrogens with one attached hydrogen (secondary N) is 2. The third-order valence-electron chi connectivity index (χ3n) is 4.01.